The summed E-state index contributed by atoms with van der Waals surface area (Å²) in [5, 5.41) is 9.88. The van der Waals surface area contributed by atoms with Crippen LogP contribution in [0.25, 0.3) is 0 Å². The topological polar surface area (TPSA) is 23.5 Å². The Labute approximate surface area is 96.7 Å². The van der Waals surface area contributed by atoms with E-state index < -0.39 is 6.10 Å². The fourth-order valence-electron chi connectivity index (χ4n) is 1.69. The summed E-state index contributed by atoms with van der Waals surface area (Å²) in [4.78, 5) is 2.19. The van der Waals surface area contributed by atoms with Crippen LogP contribution in [0.1, 0.15) is 31.4 Å². The summed E-state index contributed by atoms with van der Waals surface area (Å²) in [5.41, 5.74) is 0.784. The zero-order valence-electron chi connectivity index (χ0n) is 9.99. The highest BCUT2D eigenvalue weighted by Gasteiger charge is 2.08. The van der Waals surface area contributed by atoms with Gasteiger partial charge in [0.25, 0.3) is 0 Å². The molecule has 0 heterocycles. The number of aliphatic hydroxyl groups excluding tert-OH is 1. The number of aliphatic hydroxyl groups is 1. The van der Waals surface area contributed by atoms with Crippen LogP contribution in [0.2, 0.25) is 0 Å². The molecule has 2 nitrogen and oxygen atoms in total. The van der Waals surface area contributed by atoms with Crippen molar-refractivity contribution in [3.05, 3.63) is 35.6 Å². The summed E-state index contributed by atoms with van der Waals surface area (Å²) in [7, 11) is 2.04. The van der Waals surface area contributed by atoms with Gasteiger partial charge in [-0.2, -0.15) is 0 Å². The smallest absolute Gasteiger partial charge is 0.123 e. The first-order valence-corrected chi connectivity index (χ1v) is 5.75. The Hall–Kier alpha value is -0.930. The van der Waals surface area contributed by atoms with E-state index in [1.807, 2.05) is 7.05 Å². The van der Waals surface area contributed by atoms with E-state index in [1.54, 1.807) is 12.1 Å². The molecule has 3 heteroatoms. The number of hydrogen-bond donors (Lipinski definition) is 1. The van der Waals surface area contributed by atoms with Crippen molar-refractivity contribution < 1.29 is 9.50 Å². The first kappa shape index (κ1) is 13.1. The molecule has 0 aliphatic rings. The van der Waals surface area contributed by atoms with Gasteiger partial charge in [0.15, 0.2) is 0 Å². The van der Waals surface area contributed by atoms with E-state index >= 15 is 0 Å². The zero-order valence-corrected chi connectivity index (χ0v) is 9.99. The minimum Gasteiger partial charge on any atom is -0.388 e. The van der Waals surface area contributed by atoms with Gasteiger partial charge in [-0.1, -0.05) is 19.1 Å². The van der Waals surface area contributed by atoms with Crippen molar-refractivity contribution in [1.82, 2.24) is 4.90 Å². The van der Waals surface area contributed by atoms with E-state index in [4.69, 9.17) is 0 Å². The molecule has 0 spiro atoms. The lowest BCUT2D eigenvalue weighted by atomic mass is 10.1. The first-order valence-electron chi connectivity index (χ1n) is 5.75. The summed E-state index contributed by atoms with van der Waals surface area (Å²) >= 11 is 0. The van der Waals surface area contributed by atoms with Crippen molar-refractivity contribution in [2.45, 2.75) is 25.9 Å². The van der Waals surface area contributed by atoms with Crippen LogP contribution >= 0.6 is 0 Å². The lowest BCUT2D eigenvalue weighted by Gasteiger charge is -2.18. The van der Waals surface area contributed by atoms with E-state index in [9.17, 15) is 9.50 Å². The van der Waals surface area contributed by atoms with E-state index in [0.717, 1.165) is 25.1 Å². The number of benzene rings is 1. The van der Waals surface area contributed by atoms with Crippen molar-refractivity contribution in [1.29, 1.82) is 0 Å². The molecular formula is C13H20FNO. The van der Waals surface area contributed by atoms with Gasteiger partial charge in [0.2, 0.25) is 0 Å². The van der Waals surface area contributed by atoms with Gasteiger partial charge in [-0.05, 0) is 44.1 Å². The Balaban J connectivity index is 2.40. The maximum atomic E-state index is 12.7. The first-order chi connectivity index (χ1) is 7.63. The predicted molar refractivity (Wildman–Crippen MR) is 63.8 cm³/mol. The van der Waals surface area contributed by atoms with Crippen LogP contribution in [0.5, 0.6) is 0 Å². The highest BCUT2D eigenvalue weighted by molar-refractivity contribution is 5.18. The molecule has 0 aromatic heterocycles. The van der Waals surface area contributed by atoms with Gasteiger partial charge in [-0.3, -0.25) is 0 Å². The molecule has 16 heavy (non-hydrogen) atoms. The Morgan fingerprint density at radius 2 is 1.88 bits per heavy atom. The predicted octanol–water partition coefficient (Wildman–Crippen LogP) is 2.59. The molecule has 1 aromatic carbocycles. The van der Waals surface area contributed by atoms with Gasteiger partial charge in [-0.25, -0.2) is 4.39 Å². The van der Waals surface area contributed by atoms with Gasteiger partial charge in [0, 0.05) is 6.54 Å². The van der Waals surface area contributed by atoms with Crippen LogP contribution in [-0.2, 0) is 0 Å². The largest absolute Gasteiger partial charge is 0.388 e. The normalized spacial score (nSPS) is 13.1. The Morgan fingerprint density at radius 1 is 1.25 bits per heavy atom. The van der Waals surface area contributed by atoms with Gasteiger partial charge >= 0.3 is 0 Å². The third kappa shape index (κ3) is 4.29. The van der Waals surface area contributed by atoms with Crippen LogP contribution in [0, 0.1) is 5.82 Å². The number of halogens is 1. The molecule has 90 valence electrons. The summed E-state index contributed by atoms with van der Waals surface area (Å²) < 4.78 is 12.7. The van der Waals surface area contributed by atoms with Crippen LogP contribution in [-0.4, -0.2) is 30.1 Å². The molecule has 0 amide bonds. The average molecular weight is 225 g/mol. The highest BCUT2D eigenvalue weighted by atomic mass is 19.1. The van der Waals surface area contributed by atoms with Gasteiger partial charge < -0.3 is 10.0 Å². The Morgan fingerprint density at radius 3 is 2.44 bits per heavy atom. The molecule has 1 unspecified atom stereocenters. The van der Waals surface area contributed by atoms with Crippen LogP contribution in [0.3, 0.4) is 0 Å². The van der Waals surface area contributed by atoms with Crippen LogP contribution in [0.4, 0.5) is 4.39 Å². The fourth-order valence-corrected chi connectivity index (χ4v) is 1.69. The molecule has 0 fully saturated rings. The van der Waals surface area contributed by atoms with Gasteiger partial charge in [-0.15, -0.1) is 0 Å². The maximum absolute atomic E-state index is 12.7. The molecule has 1 aromatic rings. The quantitative estimate of drug-likeness (QED) is 0.804. The molecular weight excluding hydrogens is 205 g/mol. The van der Waals surface area contributed by atoms with Crippen molar-refractivity contribution in [2.24, 2.45) is 0 Å². The lowest BCUT2D eigenvalue weighted by molar-refractivity contribution is 0.149. The molecule has 0 radical (unpaired) electrons. The Kier molecular flexibility index (Phi) is 5.43. The molecule has 0 aliphatic heterocycles. The standard InChI is InChI=1S/C13H20FNO/c1-3-9-15(2)10-8-13(16)11-4-6-12(14)7-5-11/h4-7,13,16H,3,8-10H2,1-2H3. The van der Waals surface area contributed by atoms with Crippen LogP contribution < -0.4 is 0 Å². The summed E-state index contributed by atoms with van der Waals surface area (Å²) in [6, 6.07) is 6.04. The second kappa shape index (κ2) is 6.61. The Bertz CT molecular complexity index is 299. The van der Waals surface area contributed by atoms with E-state index in [0.29, 0.717) is 6.42 Å². The summed E-state index contributed by atoms with van der Waals surface area (Å²) in [6.45, 7) is 4.02. The number of hydrogen-bond acceptors (Lipinski definition) is 2. The number of rotatable bonds is 6. The monoisotopic (exact) mass is 225 g/mol. The summed E-state index contributed by atoms with van der Waals surface area (Å²) in [6.07, 6.45) is 1.30. The lowest BCUT2D eigenvalue weighted by Crippen LogP contribution is -2.22. The highest BCUT2D eigenvalue weighted by Crippen LogP contribution is 2.17. The molecule has 0 saturated carbocycles. The molecule has 1 atom stereocenters. The molecule has 1 rings (SSSR count). The van der Waals surface area contributed by atoms with Crippen LogP contribution in [0.15, 0.2) is 24.3 Å². The van der Waals surface area contributed by atoms with E-state index in [1.165, 1.54) is 12.1 Å². The van der Waals surface area contributed by atoms with Gasteiger partial charge in [0.1, 0.15) is 5.82 Å². The minimum absolute atomic E-state index is 0.265. The molecule has 0 saturated heterocycles. The fraction of sp³-hybridized carbons (Fsp3) is 0.538. The zero-order chi connectivity index (χ0) is 12.0. The van der Waals surface area contributed by atoms with E-state index in [2.05, 4.69) is 11.8 Å². The molecule has 0 aliphatic carbocycles. The minimum atomic E-state index is -0.500. The van der Waals surface area contributed by atoms with E-state index in [-0.39, 0.29) is 5.82 Å². The van der Waals surface area contributed by atoms with Crippen molar-refractivity contribution in [3.8, 4) is 0 Å². The maximum Gasteiger partial charge on any atom is 0.123 e. The SMILES string of the molecule is CCCN(C)CCC(O)c1ccc(F)cc1. The summed E-state index contributed by atoms with van der Waals surface area (Å²) in [5.74, 6) is -0.265. The average Bonchev–Trinajstić information content (AvgIpc) is 2.27. The third-order valence-corrected chi connectivity index (χ3v) is 2.64. The third-order valence-electron chi connectivity index (χ3n) is 2.64. The van der Waals surface area contributed by atoms with Crippen molar-refractivity contribution >= 4 is 0 Å². The van der Waals surface area contributed by atoms with Gasteiger partial charge in [0.05, 0.1) is 6.10 Å². The second-order valence-corrected chi connectivity index (χ2v) is 4.16. The van der Waals surface area contributed by atoms with Crippen molar-refractivity contribution in [3.63, 3.8) is 0 Å². The second-order valence-electron chi connectivity index (χ2n) is 4.16. The van der Waals surface area contributed by atoms with Crippen molar-refractivity contribution in [2.75, 3.05) is 20.1 Å². The molecule has 0 bridgehead atoms. The molecule has 1 N–H and O–H groups in total. The number of nitrogens with zero attached hydrogens (tertiary/aromatic N) is 1.